The van der Waals surface area contributed by atoms with E-state index in [1.54, 1.807) is 10.6 Å². The Bertz CT molecular complexity index is 1490. The minimum atomic E-state index is -2.47. The molecule has 200 valence electrons. The Balaban J connectivity index is 1.45. The van der Waals surface area contributed by atoms with Gasteiger partial charge in [-0.2, -0.15) is 0 Å². The van der Waals surface area contributed by atoms with Crippen LogP contribution >= 0.6 is 0 Å². The van der Waals surface area contributed by atoms with Crippen molar-refractivity contribution in [2.24, 2.45) is 17.3 Å². The highest BCUT2D eigenvalue weighted by molar-refractivity contribution is 5.80. The van der Waals surface area contributed by atoms with Crippen molar-refractivity contribution in [2.75, 3.05) is 13.1 Å². The molecular formula is C30H41FN4O2. The first-order valence-electron chi connectivity index (χ1n) is 15.0. The first-order chi connectivity index (χ1) is 18.5. The van der Waals surface area contributed by atoms with Crippen LogP contribution in [0.5, 0.6) is 0 Å². The zero-order chi connectivity index (χ0) is 29.4. The fraction of sp³-hybridized carbons (Fsp3) is 0.633. The largest absolute Gasteiger partial charge is 0.356 e. The van der Waals surface area contributed by atoms with Gasteiger partial charge in [0.05, 0.1) is 5.69 Å². The molecule has 0 bridgehead atoms. The maximum absolute atomic E-state index is 13.9. The van der Waals surface area contributed by atoms with E-state index in [0.29, 0.717) is 36.5 Å². The Morgan fingerprint density at radius 2 is 2.03 bits per heavy atom. The van der Waals surface area contributed by atoms with E-state index in [4.69, 9.17) is 8.64 Å². The minimum Gasteiger partial charge on any atom is -0.356 e. The minimum absolute atomic E-state index is 0.0507. The fourth-order valence-corrected chi connectivity index (χ4v) is 6.42. The van der Waals surface area contributed by atoms with Crippen LogP contribution < -0.4 is 5.56 Å². The lowest BCUT2D eigenvalue weighted by atomic mass is 9.71. The summed E-state index contributed by atoms with van der Waals surface area (Å²) in [7, 11) is 0. The molecule has 0 radical (unpaired) electrons. The summed E-state index contributed by atoms with van der Waals surface area (Å²) < 4.78 is 45.6. The molecule has 0 N–H and O–H groups in total. The number of hydrogen-bond donors (Lipinski definition) is 0. The third-order valence-electron chi connectivity index (χ3n) is 9.71. The van der Waals surface area contributed by atoms with Crippen molar-refractivity contribution in [1.82, 2.24) is 19.6 Å². The van der Waals surface area contributed by atoms with Gasteiger partial charge in [0, 0.05) is 63.7 Å². The Kier molecular flexibility index (Phi) is 5.48. The normalized spacial score (nSPS) is 27.8. The summed E-state index contributed by atoms with van der Waals surface area (Å²) in [4.78, 5) is 21.0. The second kappa shape index (κ2) is 9.04. The number of aryl methyl sites for hydroxylation is 1. The highest BCUT2D eigenvalue weighted by atomic mass is 19.1. The smallest absolute Gasteiger partial charge is 0.257 e. The average molecular weight is 512 g/mol. The zero-order valence-electron chi connectivity index (χ0n) is 26.1. The van der Waals surface area contributed by atoms with Crippen molar-refractivity contribution in [3.8, 4) is 0 Å². The summed E-state index contributed by atoms with van der Waals surface area (Å²) in [5, 5.41) is 5.18. The number of fused-ring (bicyclic) bond motifs is 2. The zero-order valence-corrected chi connectivity index (χ0v) is 23.1. The molecule has 1 fully saturated rings. The van der Waals surface area contributed by atoms with Gasteiger partial charge in [-0.1, -0.05) is 39.8 Å². The summed E-state index contributed by atoms with van der Waals surface area (Å²) in [6.45, 7) is 14.3. The van der Waals surface area contributed by atoms with Crippen LogP contribution in [0.15, 0.2) is 27.5 Å². The number of nitrogens with zero attached hydrogens (tertiary/aromatic N) is 4. The van der Waals surface area contributed by atoms with E-state index in [1.807, 2.05) is 6.92 Å². The van der Waals surface area contributed by atoms with Gasteiger partial charge in [-0.3, -0.25) is 14.3 Å². The molecule has 2 aliphatic rings. The molecule has 6 nitrogen and oxygen atoms in total. The maximum Gasteiger partial charge on any atom is 0.257 e. The third-order valence-corrected chi connectivity index (χ3v) is 9.71. The van der Waals surface area contributed by atoms with Gasteiger partial charge >= 0.3 is 0 Å². The fourth-order valence-electron chi connectivity index (χ4n) is 6.42. The Morgan fingerprint density at radius 1 is 1.27 bits per heavy atom. The summed E-state index contributed by atoms with van der Waals surface area (Å²) >= 11 is 0. The topological polar surface area (TPSA) is 64.2 Å². The lowest BCUT2D eigenvalue weighted by Crippen LogP contribution is -2.56. The lowest BCUT2D eigenvalue weighted by molar-refractivity contribution is 0.0110. The standard InChI is InChI=1S/C30H41FN4O2/c1-17(26-20(4)32-25-13-18(2)29(5,6)16-35(25)28(26)36)15-34-12-11-22(19(3)30(34,7)8)27-23-10-9-21(31)14-24(23)37-33-27/h9-10,14,17-19,22H,11-13,15-16H2,1-8H3/i4D3. The van der Waals surface area contributed by atoms with Crippen LogP contribution in [-0.2, 0) is 13.0 Å². The molecule has 37 heavy (non-hydrogen) atoms. The number of likely N-dealkylation sites (tertiary alicyclic amines) is 1. The molecule has 0 spiro atoms. The first kappa shape index (κ1) is 22.4. The van der Waals surface area contributed by atoms with E-state index in [9.17, 15) is 9.18 Å². The van der Waals surface area contributed by atoms with E-state index < -0.39 is 6.85 Å². The molecule has 0 amide bonds. The molecule has 1 aromatic carbocycles. The maximum atomic E-state index is 13.9. The number of benzene rings is 1. The van der Waals surface area contributed by atoms with Gasteiger partial charge in [-0.05, 0) is 63.0 Å². The van der Waals surface area contributed by atoms with Crippen molar-refractivity contribution < 1.29 is 13.0 Å². The molecule has 2 aliphatic heterocycles. The van der Waals surface area contributed by atoms with Gasteiger partial charge in [0.1, 0.15) is 11.6 Å². The van der Waals surface area contributed by atoms with Crippen molar-refractivity contribution in [2.45, 2.75) is 92.1 Å². The Labute approximate surface area is 223 Å². The molecule has 2 aromatic heterocycles. The number of halogens is 1. The number of rotatable bonds is 4. The quantitative estimate of drug-likeness (QED) is 0.426. The SMILES string of the molecule is [2H]C([2H])([2H])c1nc2n(c(=O)c1C(C)CN1CCC(c3noc4cc(F)ccc34)C(C)C1(C)C)CC(C)(C)C(C)C2. The molecule has 4 unspecified atom stereocenters. The highest BCUT2D eigenvalue weighted by Gasteiger charge is 2.44. The van der Waals surface area contributed by atoms with E-state index in [2.05, 4.69) is 56.6 Å². The molecule has 4 heterocycles. The molecule has 0 saturated carbocycles. The monoisotopic (exact) mass is 511 g/mol. The van der Waals surface area contributed by atoms with E-state index in [-0.39, 0.29) is 51.7 Å². The van der Waals surface area contributed by atoms with Gasteiger partial charge in [0.15, 0.2) is 5.58 Å². The number of aromatic nitrogens is 3. The van der Waals surface area contributed by atoms with Gasteiger partial charge in [0.25, 0.3) is 5.56 Å². The Hall–Kier alpha value is -2.54. The number of piperidine rings is 1. The molecular weight excluding hydrogens is 467 g/mol. The van der Waals surface area contributed by atoms with Crippen molar-refractivity contribution >= 4 is 11.0 Å². The first-order valence-corrected chi connectivity index (χ1v) is 13.5. The van der Waals surface area contributed by atoms with E-state index >= 15 is 0 Å². The van der Waals surface area contributed by atoms with E-state index in [0.717, 1.165) is 24.0 Å². The van der Waals surface area contributed by atoms with Crippen molar-refractivity contribution in [3.05, 3.63) is 57.1 Å². The summed E-state index contributed by atoms with van der Waals surface area (Å²) in [6.07, 6.45) is 1.40. The van der Waals surface area contributed by atoms with Crippen LogP contribution in [0.3, 0.4) is 0 Å². The summed E-state index contributed by atoms with van der Waals surface area (Å²) in [5.74, 6) is 0.472. The van der Waals surface area contributed by atoms with Gasteiger partial charge < -0.3 is 4.52 Å². The summed E-state index contributed by atoms with van der Waals surface area (Å²) in [6, 6.07) is 4.54. The van der Waals surface area contributed by atoms with Gasteiger partial charge in [0.2, 0.25) is 0 Å². The molecule has 1 saturated heterocycles. The van der Waals surface area contributed by atoms with Crippen molar-refractivity contribution in [1.29, 1.82) is 0 Å². The molecule has 5 rings (SSSR count). The van der Waals surface area contributed by atoms with Crippen molar-refractivity contribution in [3.63, 3.8) is 0 Å². The lowest BCUT2D eigenvalue weighted by Gasteiger charge is -2.51. The highest BCUT2D eigenvalue weighted by Crippen LogP contribution is 2.45. The second-order valence-corrected chi connectivity index (χ2v) is 12.7. The van der Waals surface area contributed by atoms with Gasteiger partial charge in [-0.15, -0.1) is 0 Å². The van der Waals surface area contributed by atoms with Crippen LogP contribution in [0.4, 0.5) is 4.39 Å². The predicted octanol–water partition coefficient (Wildman–Crippen LogP) is 6.06. The van der Waals surface area contributed by atoms with Crippen LogP contribution in [0.25, 0.3) is 11.0 Å². The molecule has 7 heteroatoms. The van der Waals surface area contributed by atoms with Crippen LogP contribution in [-0.4, -0.2) is 38.2 Å². The average Bonchev–Trinajstić information content (AvgIpc) is 3.25. The third kappa shape index (κ3) is 4.33. The second-order valence-electron chi connectivity index (χ2n) is 12.7. The van der Waals surface area contributed by atoms with Gasteiger partial charge in [-0.25, -0.2) is 9.37 Å². The van der Waals surface area contributed by atoms with E-state index in [1.165, 1.54) is 12.1 Å². The number of hydrogen-bond acceptors (Lipinski definition) is 5. The molecule has 3 aromatic rings. The molecule has 0 aliphatic carbocycles. The van der Waals surface area contributed by atoms with Crippen LogP contribution in [0.1, 0.15) is 93.6 Å². The van der Waals surface area contributed by atoms with Crippen LogP contribution in [0, 0.1) is 29.9 Å². The Morgan fingerprint density at radius 3 is 2.76 bits per heavy atom. The molecule has 4 atom stereocenters. The van der Waals surface area contributed by atoms with Crippen LogP contribution in [0.2, 0.25) is 0 Å². The summed E-state index contributed by atoms with van der Waals surface area (Å²) in [5.41, 5.74) is 0.975. The predicted molar refractivity (Wildman–Crippen MR) is 144 cm³/mol.